The first kappa shape index (κ1) is 13.9. The number of hydrogen-bond acceptors (Lipinski definition) is 2. The van der Waals surface area contributed by atoms with Crippen LogP contribution in [0.15, 0.2) is 32.6 Å². The van der Waals surface area contributed by atoms with Crippen molar-refractivity contribution in [3.05, 3.63) is 22.7 Å². The maximum atomic E-state index is 12.1. The molecule has 1 aromatic rings. The van der Waals surface area contributed by atoms with Gasteiger partial charge in [0.1, 0.15) is 0 Å². The molecule has 0 saturated carbocycles. The monoisotopic (exact) mass is 377 g/mol. The molecule has 0 unspecified atom stereocenters. The first-order chi connectivity index (χ1) is 7.28. The van der Waals surface area contributed by atoms with E-state index in [1.54, 1.807) is 0 Å². The molecule has 16 heavy (non-hydrogen) atoms. The fraction of sp³-hybridized carbons (Fsp3) is 0.125. The number of aliphatic imine (C=N–C) groups is 1. The summed E-state index contributed by atoms with van der Waals surface area (Å²) in [7, 11) is 0. The van der Waals surface area contributed by atoms with Gasteiger partial charge >= 0.3 is 111 Å². The van der Waals surface area contributed by atoms with Crippen LogP contribution in [0.5, 0.6) is 0 Å². The maximum absolute atomic E-state index is 12.1. The molecular formula is C8H5BrF3N2SSe. The number of benzene rings is 1. The van der Waals surface area contributed by atoms with Crippen molar-refractivity contribution < 1.29 is 13.2 Å². The molecule has 1 rings (SSSR count). The summed E-state index contributed by atoms with van der Waals surface area (Å²) in [6.45, 7) is 0. The van der Waals surface area contributed by atoms with Crippen LogP contribution >= 0.6 is 27.7 Å². The van der Waals surface area contributed by atoms with Crippen molar-refractivity contribution in [1.29, 1.82) is 0 Å². The van der Waals surface area contributed by atoms with E-state index in [0.29, 0.717) is 10.2 Å². The fourth-order valence-corrected chi connectivity index (χ4v) is 2.30. The predicted molar refractivity (Wildman–Crippen MR) is 63.1 cm³/mol. The van der Waals surface area contributed by atoms with Crippen molar-refractivity contribution in [3.8, 4) is 0 Å². The van der Waals surface area contributed by atoms with Crippen LogP contribution in [0, 0.1) is 0 Å². The summed E-state index contributed by atoms with van der Waals surface area (Å²) in [6.07, 6.45) is 0. The van der Waals surface area contributed by atoms with E-state index in [-0.39, 0.29) is 21.4 Å². The Morgan fingerprint density at radius 3 is 2.50 bits per heavy atom. The van der Waals surface area contributed by atoms with Gasteiger partial charge in [-0.25, -0.2) is 0 Å². The number of rotatable bonds is 2. The number of halogens is 4. The summed E-state index contributed by atoms with van der Waals surface area (Å²) in [5, 5.41) is 0. The molecule has 1 radical (unpaired) electrons. The summed E-state index contributed by atoms with van der Waals surface area (Å²) < 4.78 is 36.9. The average molecular weight is 377 g/mol. The van der Waals surface area contributed by atoms with Gasteiger partial charge in [-0.2, -0.15) is 0 Å². The molecule has 0 amide bonds. The molecule has 0 aromatic heterocycles. The third kappa shape index (κ3) is 4.78. The Hall–Kier alpha value is -0.171. The minimum absolute atomic E-state index is 0.0944. The van der Waals surface area contributed by atoms with E-state index >= 15 is 0 Å². The van der Waals surface area contributed by atoms with Crippen molar-refractivity contribution in [1.82, 2.24) is 0 Å². The second kappa shape index (κ2) is 5.44. The summed E-state index contributed by atoms with van der Waals surface area (Å²) >= 11 is 5.44. The molecule has 0 saturated heterocycles. The van der Waals surface area contributed by atoms with Crippen LogP contribution in [-0.2, 0) is 0 Å². The topological polar surface area (TPSA) is 38.4 Å². The second-order valence-corrected chi connectivity index (χ2v) is 5.48. The first-order valence-electron chi connectivity index (χ1n) is 3.84. The van der Waals surface area contributed by atoms with E-state index in [9.17, 15) is 13.2 Å². The van der Waals surface area contributed by atoms with Gasteiger partial charge in [-0.1, -0.05) is 0 Å². The van der Waals surface area contributed by atoms with Crippen molar-refractivity contribution in [2.45, 2.75) is 10.4 Å². The normalized spacial score (nSPS) is 12.9. The molecule has 0 bridgehead atoms. The summed E-state index contributed by atoms with van der Waals surface area (Å²) in [4.78, 5) is 3.99. The molecule has 2 nitrogen and oxygen atoms in total. The SMILES string of the molecule is NC([Se])=Nc1ccc(SC(F)(F)F)cc1Br. The Balaban J connectivity index is 2.96. The zero-order valence-corrected chi connectivity index (χ0v) is 11.7. The molecular weight excluding hydrogens is 372 g/mol. The molecule has 0 fully saturated rings. The predicted octanol–water partition coefficient (Wildman–Crippen LogP) is 3.18. The van der Waals surface area contributed by atoms with E-state index in [0.717, 1.165) is 0 Å². The van der Waals surface area contributed by atoms with Crippen molar-refractivity contribution in [2.75, 3.05) is 0 Å². The van der Waals surface area contributed by atoms with Crippen LogP contribution in [0.2, 0.25) is 0 Å². The molecule has 0 atom stereocenters. The Bertz CT molecular complexity index is 418. The standard InChI is InChI=1S/C8H5BrF3N2SSe/c9-5-3-4(15-8(10,11)12)1-2-6(5)14-7(13)16/h1-3H,(H2,13,14). The van der Waals surface area contributed by atoms with Gasteiger partial charge in [-0.05, 0) is 0 Å². The van der Waals surface area contributed by atoms with E-state index in [4.69, 9.17) is 5.73 Å². The van der Waals surface area contributed by atoms with Crippen molar-refractivity contribution >= 4 is 54.1 Å². The van der Waals surface area contributed by atoms with Crippen molar-refractivity contribution in [2.24, 2.45) is 10.7 Å². The number of nitrogens with zero attached hydrogens (tertiary/aromatic N) is 1. The van der Waals surface area contributed by atoms with Gasteiger partial charge < -0.3 is 0 Å². The molecule has 0 aliphatic rings. The molecule has 2 N–H and O–H groups in total. The molecule has 1 aromatic carbocycles. The Labute approximate surface area is 111 Å². The molecule has 0 heterocycles. The van der Waals surface area contributed by atoms with Crippen LogP contribution in [0.3, 0.4) is 0 Å². The zero-order chi connectivity index (χ0) is 12.3. The van der Waals surface area contributed by atoms with E-state index in [1.165, 1.54) is 18.2 Å². The number of hydrogen-bond donors (Lipinski definition) is 1. The molecule has 0 aliphatic heterocycles. The third-order valence-electron chi connectivity index (χ3n) is 1.38. The molecule has 8 heteroatoms. The Morgan fingerprint density at radius 1 is 1.44 bits per heavy atom. The first-order valence-corrected chi connectivity index (χ1v) is 6.31. The summed E-state index contributed by atoms with van der Waals surface area (Å²) in [6, 6.07) is 4.15. The summed E-state index contributed by atoms with van der Waals surface area (Å²) in [5.41, 5.74) is 1.51. The van der Waals surface area contributed by atoms with Crippen LogP contribution in [0.1, 0.15) is 0 Å². The fourth-order valence-electron chi connectivity index (χ4n) is 0.894. The van der Waals surface area contributed by atoms with E-state index < -0.39 is 5.51 Å². The van der Waals surface area contributed by atoms with Crippen LogP contribution in [-0.4, -0.2) is 26.3 Å². The van der Waals surface area contributed by atoms with Crippen LogP contribution < -0.4 is 5.73 Å². The van der Waals surface area contributed by atoms with E-state index in [1.807, 2.05) is 0 Å². The van der Waals surface area contributed by atoms with Crippen LogP contribution in [0.4, 0.5) is 18.9 Å². The van der Waals surface area contributed by atoms with Crippen molar-refractivity contribution in [3.63, 3.8) is 0 Å². The number of amidine groups is 1. The second-order valence-electron chi connectivity index (χ2n) is 2.61. The Morgan fingerprint density at radius 2 is 2.06 bits per heavy atom. The van der Waals surface area contributed by atoms with E-state index in [2.05, 4.69) is 36.9 Å². The number of nitrogens with two attached hydrogens (primary N) is 1. The zero-order valence-electron chi connectivity index (χ0n) is 7.58. The molecule has 87 valence electrons. The summed E-state index contributed by atoms with van der Waals surface area (Å²) in [5.74, 6) is 0. The van der Waals surface area contributed by atoms with Gasteiger partial charge in [-0.15, -0.1) is 0 Å². The van der Waals surface area contributed by atoms with Gasteiger partial charge in [0, 0.05) is 0 Å². The van der Waals surface area contributed by atoms with Gasteiger partial charge in [0.15, 0.2) is 0 Å². The number of thioether (sulfide) groups is 1. The third-order valence-corrected chi connectivity index (χ3v) is 2.93. The molecule has 0 aliphatic carbocycles. The number of alkyl halides is 3. The quantitative estimate of drug-likeness (QED) is 0.372. The molecule has 0 spiro atoms. The Kier molecular flexibility index (Phi) is 4.73. The van der Waals surface area contributed by atoms with Gasteiger partial charge in [-0.3, -0.25) is 0 Å². The van der Waals surface area contributed by atoms with Gasteiger partial charge in [0.25, 0.3) is 0 Å². The minimum atomic E-state index is -4.29. The van der Waals surface area contributed by atoms with Gasteiger partial charge in [0.2, 0.25) is 0 Å². The average Bonchev–Trinajstić information content (AvgIpc) is 2.06. The van der Waals surface area contributed by atoms with Crippen LogP contribution in [0.25, 0.3) is 0 Å². The van der Waals surface area contributed by atoms with Gasteiger partial charge in [0.05, 0.1) is 0 Å².